The summed E-state index contributed by atoms with van der Waals surface area (Å²) in [7, 11) is 0. The molecule has 15 aromatic rings. The van der Waals surface area contributed by atoms with Crippen molar-refractivity contribution < 1.29 is 13.3 Å². The zero-order chi connectivity index (χ0) is 43.7. The second kappa shape index (κ2) is 14.1. The third kappa shape index (κ3) is 5.53. The molecule has 0 amide bonds. The Balaban J connectivity index is 0.905. The van der Waals surface area contributed by atoms with Crippen LogP contribution in [0.3, 0.4) is 0 Å². The largest absolute Gasteiger partial charge is 0.456 e. The lowest BCUT2D eigenvalue weighted by atomic mass is 10.0. The van der Waals surface area contributed by atoms with Crippen molar-refractivity contribution in [3.63, 3.8) is 0 Å². The van der Waals surface area contributed by atoms with E-state index in [1.807, 2.05) is 34.8 Å². The first-order valence-electron chi connectivity index (χ1n) is 22.4. The van der Waals surface area contributed by atoms with Gasteiger partial charge in [-0.25, -0.2) is 0 Å². The Bertz CT molecular complexity index is 4190. The molecule has 0 aliphatic rings. The van der Waals surface area contributed by atoms with Gasteiger partial charge in [0.2, 0.25) is 0 Å². The van der Waals surface area contributed by atoms with Crippen molar-refractivity contribution in [3.05, 3.63) is 206 Å². The molecule has 5 aromatic heterocycles. The Kier molecular flexibility index (Phi) is 7.75. The SMILES string of the molecule is c1ccc(N(c2ccc3oc4cc5oc6cc7oc8ccc(N(c9ccccc9)c9cccc%10sc%11ccccc%11c9%10)cc8c7cc6c5cc4c3c2)c2cccc3sc4ccccc4c23)cc1. The van der Waals surface area contributed by atoms with Crippen LogP contribution in [0.1, 0.15) is 0 Å². The lowest BCUT2D eigenvalue weighted by Gasteiger charge is -2.26. The molecule has 314 valence electrons. The number of para-hydroxylation sites is 2. The van der Waals surface area contributed by atoms with Gasteiger partial charge in [-0.3, -0.25) is 0 Å². The van der Waals surface area contributed by atoms with E-state index in [2.05, 4.69) is 204 Å². The van der Waals surface area contributed by atoms with E-state index in [1.165, 1.54) is 40.3 Å². The molecule has 0 bridgehead atoms. The van der Waals surface area contributed by atoms with Crippen molar-refractivity contribution >= 4 is 163 Å². The van der Waals surface area contributed by atoms with Crippen molar-refractivity contribution in [1.29, 1.82) is 0 Å². The number of hydrogen-bond acceptors (Lipinski definition) is 7. The second-order valence-electron chi connectivity index (χ2n) is 17.2. The molecule has 15 rings (SSSR count). The summed E-state index contributed by atoms with van der Waals surface area (Å²) in [5.74, 6) is 0. The molecular weight excluding hydrogens is 861 g/mol. The number of furan rings is 3. The number of hydrogen-bond donors (Lipinski definition) is 0. The Morgan fingerprint density at radius 1 is 0.254 bits per heavy atom. The fourth-order valence-corrected chi connectivity index (χ4v) is 12.7. The standard InChI is InChI=1S/C60H34N2O3S2/c1-3-13-35(14-4-1)61(47-19-11-23-57-59(47)39-17-7-9-21-55(39)66-57)37-25-27-49-41(29-37)43-31-45-46-32-44-42-30-38(26-28-50(42)64-52(44)34-54(46)65-53(45)33-51(43)63-49)62(36-15-5-2-6-16-36)48-20-12-24-58-60(48)40-18-8-10-22-56(40)67-58/h1-34H. The summed E-state index contributed by atoms with van der Waals surface area (Å²) < 4.78 is 24.9. The van der Waals surface area contributed by atoms with E-state index < -0.39 is 0 Å². The first-order valence-corrected chi connectivity index (χ1v) is 24.0. The molecule has 0 atom stereocenters. The van der Waals surface area contributed by atoms with Crippen LogP contribution in [0.5, 0.6) is 0 Å². The van der Waals surface area contributed by atoms with E-state index in [0.717, 1.165) is 99.9 Å². The van der Waals surface area contributed by atoms with Crippen LogP contribution in [0.4, 0.5) is 34.1 Å². The minimum Gasteiger partial charge on any atom is -0.456 e. The predicted octanol–water partition coefficient (Wildman–Crippen LogP) is 19.1. The highest BCUT2D eigenvalue weighted by molar-refractivity contribution is 7.26. The molecule has 0 N–H and O–H groups in total. The third-order valence-corrected chi connectivity index (χ3v) is 15.7. The fourth-order valence-electron chi connectivity index (χ4n) is 10.5. The van der Waals surface area contributed by atoms with Crippen LogP contribution in [0.2, 0.25) is 0 Å². The summed E-state index contributed by atoms with van der Waals surface area (Å²) >= 11 is 3.67. The van der Waals surface area contributed by atoms with Crippen LogP contribution in [-0.2, 0) is 0 Å². The second-order valence-corrected chi connectivity index (χ2v) is 19.4. The molecule has 67 heavy (non-hydrogen) atoms. The number of fused-ring (bicyclic) bond motifs is 15. The number of thiophene rings is 2. The summed E-state index contributed by atoms with van der Waals surface area (Å²) in [6, 6.07) is 73.6. The lowest BCUT2D eigenvalue weighted by molar-refractivity contribution is 0.651. The van der Waals surface area contributed by atoms with Crippen molar-refractivity contribution in [3.8, 4) is 0 Å². The molecule has 0 saturated heterocycles. The smallest absolute Gasteiger partial charge is 0.139 e. The highest BCUT2D eigenvalue weighted by atomic mass is 32.1. The van der Waals surface area contributed by atoms with Crippen molar-refractivity contribution in [1.82, 2.24) is 0 Å². The lowest BCUT2D eigenvalue weighted by Crippen LogP contribution is -2.10. The van der Waals surface area contributed by atoms with Gasteiger partial charge >= 0.3 is 0 Å². The summed E-state index contributed by atoms with van der Waals surface area (Å²) in [4.78, 5) is 4.75. The van der Waals surface area contributed by atoms with Crippen LogP contribution in [-0.4, -0.2) is 0 Å². The van der Waals surface area contributed by atoms with Crippen LogP contribution in [0, 0.1) is 0 Å². The maximum Gasteiger partial charge on any atom is 0.139 e. The van der Waals surface area contributed by atoms with Crippen LogP contribution < -0.4 is 9.80 Å². The molecule has 0 aliphatic carbocycles. The molecule has 0 spiro atoms. The predicted molar refractivity (Wildman–Crippen MR) is 283 cm³/mol. The fraction of sp³-hybridized carbons (Fsp3) is 0. The molecule has 10 aromatic carbocycles. The average molecular weight is 895 g/mol. The number of nitrogens with zero attached hydrogens (tertiary/aromatic N) is 2. The van der Waals surface area contributed by atoms with Gasteiger partial charge in [-0.2, -0.15) is 0 Å². The summed E-state index contributed by atoms with van der Waals surface area (Å²) in [5, 5.41) is 11.2. The van der Waals surface area contributed by atoms with E-state index >= 15 is 0 Å². The molecule has 0 aliphatic heterocycles. The Hall–Kier alpha value is -8.36. The first kappa shape index (κ1) is 36.9. The highest BCUT2D eigenvalue weighted by Gasteiger charge is 2.23. The molecule has 0 fully saturated rings. The number of anilines is 6. The molecule has 7 heteroatoms. The summed E-state index contributed by atoms with van der Waals surface area (Å²) in [5.41, 5.74) is 11.3. The van der Waals surface area contributed by atoms with Gasteiger partial charge < -0.3 is 23.1 Å². The summed E-state index contributed by atoms with van der Waals surface area (Å²) in [6.07, 6.45) is 0. The Morgan fingerprint density at radius 3 is 1.07 bits per heavy atom. The molecule has 5 nitrogen and oxygen atoms in total. The van der Waals surface area contributed by atoms with Gasteiger partial charge in [0.05, 0.1) is 11.4 Å². The highest BCUT2D eigenvalue weighted by Crippen LogP contribution is 2.49. The topological polar surface area (TPSA) is 45.9 Å². The average Bonchev–Trinajstić information content (AvgIpc) is 4.19. The van der Waals surface area contributed by atoms with Gasteiger partial charge in [-0.1, -0.05) is 84.9 Å². The Labute approximate surface area is 390 Å². The van der Waals surface area contributed by atoms with Gasteiger partial charge in [0.25, 0.3) is 0 Å². The molecule has 0 unspecified atom stereocenters. The van der Waals surface area contributed by atoms with Gasteiger partial charge in [0.15, 0.2) is 0 Å². The van der Waals surface area contributed by atoms with E-state index in [4.69, 9.17) is 13.3 Å². The zero-order valence-corrected chi connectivity index (χ0v) is 37.2. The van der Waals surface area contributed by atoms with Crippen molar-refractivity contribution in [2.45, 2.75) is 0 Å². The molecule has 0 saturated carbocycles. The molecule has 0 radical (unpaired) electrons. The number of benzene rings is 10. The maximum absolute atomic E-state index is 6.62. The minimum atomic E-state index is 0.771. The normalized spacial score (nSPS) is 12.2. The van der Waals surface area contributed by atoms with Crippen LogP contribution in [0.25, 0.3) is 106 Å². The van der Waals surface area contributed by atoms with E-state index in [1.54, 1.807) is 0 Å². The van der Waals surface area contributed by atoms with Crippen molar-refractivity contribution in [2.75, 3.05) is 9.80 Å². The third-order valence-electron chi connectivity index (χ3n) is 13.4. The molecular formula is C60H34N2O3S2. The maximum atomic E-state index is 6.62. The van der Waals surface area contributed by atoms with Gasteiger partial charge in [-0.05, 0) is 109 Å². The summed E-state index contributed by atoms with van der Waals surface area (Å²) in [6.45, 7) is 0. The van der Waals surface area contributed by atoms with Gasteiger partial charge in [0.1, 0.15) is 33.5 Å². The van der Waals surface area contributed by atoms with Gasteiger partial charge in [-0.15, -0.1) is 22.7 Å². The zero-order valence-electron chi connectivity index (χ0n) is 35.6. The van der Waals surface area contributed by atoms with Gasteiger partial charge in [0, 0.05) is 108 Å². The minimum absolute atomic E-state index is 0.771. The van der Waals surface area contributed by atoms with E-state index in [-0.39, 0.29) is 0 Å². The van der Waals surface area contributed by atoms with E-state index in [9.17, 15) is 0 Å². The number of rotatable bonds is 6. The monoisotopic (exact) mass is 894 g/mol. The van der Waals surface area contributed by atoms with Crippen molar-refractivity contribution in [2.24, 2.45) is 0 Å². The Morgan fingerprint density at radius 2 is 0.627 bits per heavy atom. The van der Waals surface area contributed by atoms with E-state index in [0.29, 0.717) is 0 Å². The first-order chi connectivity index (χ1) is 33.2. The van der Waals surface area contributed by atoms with Crippen LogP contribution in [0.15, 0.2) is 220 Å². The van der Waals surface area contributed by atoms with Crippen LogP contribution >= 0.6 is 22.7 Å². The quantitative estimate of drug-likeness (QED) is 0.166. The molecule has 5 heterocycles.